The standard InChI is InChI=1S/C21H25FO2/c1-2-3-4-5-6-7-8-17-9-11-18(12-10-17)21(23)24-20-15-13-19(22)14-16-20/h9-16H,2-8H2,1H3. The van der Waals surface area contributed by atoms with Gasteiger partial charge in [0, 0.05) is 0 Å². The number of aryl methyl sites for hydroxylation is 1. The maximum atomic E-state index is 12.8. The molecule has 0 fully saturated rings. The van der Waals surface area contributed by atoms with Crippen LogP contribution in [0.4, 0.5) is 4.39 Å². The number of esters is 1. The van der Waals surface area contributed by atoms with Crippen molar-refractivity contribution < 1.29 is 13.9 Å². The molecule has 2 aromatic rings. The Morgan fingerprint density at radius 1 is 0.875 bits per heavy atom. The summed E-state index contributed by atoms with van der Waals surface area (Å²) in [4.78, 5) is 12.1. The molecule has 0 saturated heterocycles. The van der Waals surface area contributed by atoms with E-state index >= 15 is 0 Å². The molecule has 0 aromatic heterocycles. The first-order chi connectivity index (χ1) is 11.7. The minimum atomic E-state index is -0.423. The van der Waals surface area contributed by atoms with Crippen molar-refractivity contribution in [3.63, 3.8) is 0 Å². The summed E-state index contributed by atoms with van der Waals surface area (Å²) in [6.45, 7) is 2.22. The van der Waals surface area contributed by atoms with Crippen molar-refractivity contribution in [3.8, 4) is 5.75 Å². The second-order valence-corrected chi connectivity index (χ2v) is 6.06. The summed E-state index contributed by atoms with van der Waals surface area (Å²) < 4.78 is 18.1. The van der Waals surface area contributed by atoms with E-state index in [2.05, 4.69) is 6.92 Å². The van der Waals surface area contributed by atoms with Crippen LogP contribution in [-0.4, -0.2) is 5.97 Å². The quantitative estimate of drug-likeness (QED) is 0.323. The molecule has 2 rings (SSSR count). The molecule has 2 aromatic carbocycles. The smallest absolute Gasteiger partial charge is 0.343 e. The van der Waals surface area contributed by atoms with Crippen LogP contribution in [0.2, 0.25) is 0 Å². The van der Waals surface area contributed by atoms with Gasteiger partial charge in [0.25, 0.3) is 0 Å². The number of hydrogen-bond donors (Lipinski definition) is 0. The van der Waals surface area contributed by atoms with Gasteiger partial charge in [-0.05, 0) is 54.8 Å². The summed E-state index contributed by atoms with van der Waals surface area (Å²) >= 11 is 0. The van der Waals surface area contributed by atoms with Gasteiger partial charge in [-0.1, -0.05) is 51.2 Å². The molecule has 0 bridgehead atoms. The summed E-state index contributed by atoms with van der Waals surface area (Å²) in [5.74, 6) is -0.431. The minimum Gasteiger partial charge on any atom is -0.423 e. The molecule has 0 amide bonds. The Bertz CT molecular complexity index is 617. The third kappa shape index (κ3) is 6.15. The van der Waals surface area contributed by atoms with Crippen molar-refractivity contribution in [1.82, 2.24) is 0 Å². The Morgan fingerprint density at radius 3 is 2.17 bits per heavy atom. The molecular weight excluding hydrogens is 303 g/mol. The van der Waals surface area contributed by atoms with Crippen LogP contribution >= 0.6 is 0 Å². The lowest BCUT2D eigenvalue weighted by atomic mass is 10.0. The molecule has 24 heavy (non-hydrogen) atoms. The molecule has 0 atom stereocenters. The molecule has 0 aliphatic heterocycles. The molecule has 2 nitrogen and oxygen atoms in total. The molecule has 128 valence electrons. The van der Waals surface area contributed by atoms with Gasteiger partial charge in [-0.25, -0.2) is 9.18 Å². The molecule has 0 aliphatic carbocycles. The molecule has 0 unspecified atom stereocenters. The largest absolute Gasteiger partial charge is 0.423 e. The van der Waals surface area contributed by atoms with Crippen molar-refractivity contribution in [2.24, 2.45) is 0 Å². The van der Waals surface area contributed by atoms with Gasteiger partial charge in [0.1, 0.15) is 11.6 Å². The molecular formula is C21H25FO2. The van der Waals surface area contributed by atoms with Crippen LogP contribution in [0, 0.1) is 5.82 Å². The van der Waals surface area contributed by atoms with Crippen molar-refractivity contribution >= 4 is 5.97 Å². The summed E-state index contributed by atoms with van der Waals surface area (Å²) in [7, 11) is 0. The maximum Gasteiger partial charge on any atom is 0.343 e. The van der Waals surface area contributed by atoms with Crippen LogP contribution in [0.15, 0.2) is 48.5 Å². The van der Waals surface area contributed by atoms with Crippen molar-refractivity contribution in [3.05, 3.63) is 65.5 Å². The Hall–Kier alpha value is -2.16. The summed E-state index contributed by atoms with van der Waals surface area (Å²) in [5.41, 5.74) is 1.75. The van der Waals surface area contributed by atoms with Crippen LogP contribution in [0.1, 0.15) is 61.4 Å². The van der Waals surface area contributed by atoms with E-state index in [1.54, 1.807) is 12.1 Å². The van der Waals surface area contributed by atoms with E-state index in [-0.39, 0.29) is 5.82 Å². The number of ether oxygens (including phenoxy) is 1. The first-order valence-corrected chi connectivity index (χ1v) is 8.75. The van der Waals surface area contributed by atoms with E-state index in [9.17, 15) is 9.18 Å². The Kier molecular flexibility index (Phi) is 7.47. The lowest BCUT2D eigenvalue weighted by Gasteiger charge is -2.06. The van der Waals surface area contributed by atoms with Crippen LogP contribution in [0.3, 0.4) is 0 Å². The third-order valence-corrected chi connectivity index (χ3v) is 4.03. The normalized spacial score (nSPS) is 10.6. The zero-order chi connectivity index (χ0) is 17.2. The first-order valence-electron chi connectivity index (χ1n) is 8.75. The van der Waals surface area contributed by atoms with E-state index in [0.29, 0.717) is 11.3 Å². The highest BCUT2D eigenvalue weighted by atomic mass is 19.1. The van der Waals surface area contributed by atoms with Crippen molar-refractivity contribution in [2.45, 2.75) is 51.9 Å². The fourth-order valence-corrected chi connectivity index (χ4v) is 2.59. The van der Waals surface area contributed by atoms with E-state index in [0.717, 1.165) is 6.42 Å². The van der Waals surface area contributed by atoms with Gasteiger partial charge in [0.2, 0.25) is 0 Å². The topological polar surface area (TPSA) is 26.3 Å². The monoisotopic (exact) mass is 328 g/mol. The number of halogens is 1. The van der Waals surface area contributed by atoms with Crippen LogP contribution in [0.5, 0.6) is 5.75 Å². The number of hydrogen-bond acceptors (Lipinski definition) is 2. The number of unbranched alkanes of at least 4 members (excludes halogenated alkanes) is 5. The highest BCUT2D eigenvalue weighted by Crippen LogP contribution is 2.15. The van der Waals surface area contributed by atoms with Crippen LogP contribution < -0.4 is 4.74 Å². The van der Waals surface area contributed by atoms with Gasteiger partial charge in [0.15, 0.2) is 0 Å². The highest BCUT2D eigenvalue weighted by molar-refractivity contribution is 5.91. The second-order valence-electron chi connectivity index (χ2n) is 6.06. The first kappa shape index (κ1) is 18.2. The van der Waals surface area contributed by atoms with Crippen LogP contribution in [0.25, 0.3) is 0 Å². The zero-order valence-electron chi connectivity index (χ0n) is 14.3. The predicted octanol–water partition coefficient (Wildman–Crippen LogP) is 5.95. The molecule has 0 aliphatic rings. The predicted molar refractivity (Wildman–Crippen MR) is 94.9 cm³/mol. The third-order valence-electron chi connectivity index (χ3n) is 4.03. The van der Waals surface area contributed by atoms with Gasteiger partial charge >= 0.3 is 5.97 Å². The van der Waals surface area contributed by atoms with Crippen LogP contribution in [-0.2, 0) is 6.42 Å². The molecule has 0 heterocycles. The van der Waals surface area contributed by atoms with E-state index in [1.807, 2.05) is 12.1 Å². The van der Waals surface area contributed by atoms with Crippen molar-refractivity contribution in [1.29, 1.82) is 0 Å². The molecule has 3 heteroatoms. The number of benzene rings is 2. The SMILES string of the molecule is CCCCCCCCc1ccc(C(=O)Oc2ccc(F)cc2)cc1. The van der Waals surface area contributed by atoms with Gasteiger partial charge in [-0.3, -0.25) is 0 Å². The summed E-state index contributed by atoms with van der Waals surface area (Å²) in [6.07, 6.45) is 8.71. The lowest BCUT2D eigenvalue weighted by molar-refractivity contribution is 0.0734. The number of carbonyl (C=O) groups excluding carboxylic acids is 1. The number of carbonyl (C=O) groups is 1. The Labute approximate surface area is 143 Å². The van der Waals surface area contributed by atoms with Crippen molar-refractivity contribution in [2.75, 3.05) is 0 Å². The van der Waals surface area contributed by atoms with Gasteiger partial charge < -0.3 is 4.74 Å². The summed E-state index contributed by atoms with van der Waals surface area (Å²) in [6, 6.07) is 13.0. The Balaban J connectivity index is 1.78. The fourth-order valence-electron chi connectivity index (χ4n) is 2.59. The second kappa shape index (κ2) is 9.86. The van der Waals surface area contributed by atoms with Gasteiger partial charge in [-0.15, -0.1) is 0 Å². The maximum absolute atomic E-state index is 12.8. The van der Waals surface area contributed by atoms with E-state index in [1.165, 1.54) is 68.4 Å². The average Bonchev–Trinajstić information content (AvgIpc) is 2.60. The number of rotatable bonds is 9. The molecule has 0 N–H and O–H groups in total. The lowest BCUT2D eigenvalue weighted by Crippen LogP contribution is -2.08. The fraction of sp³-hybridized carbons (Fsp3) is 0.381. The van der Waals surface area contributed by atoms with Gasteiger partial charge in [0.05, 0.1) is 5.56 Å². The van der Waals surface area contributed by atoms with Gasteiger partial charge in [-0.2, -0.15) is 0 Å². The highest BCUT2D eigenvalue weighted by Gasteiger charge is 2.08. The summed E-state index contributed by atoms with van der Waals surface area (Å²) in [5, 5.41) is 0. The molecule has 0 spiro atoms. The average molecular weight is 328 g/mol. The Morgan fingerprint density at radius 2 is 1.50 bits per heavy atom. The van der Waals surface area contributed by atoms with E-state index < -0.39 is 5.97 Å². The zero-order valence-corrected chi connectivity index (χ0v) is 14.3. The molecule has 0 saturated carbocycles. The molecule has 0 radical (unpaired) electrons. The van der Waals surface area contributed by atoms with E-state index in [4.69, 9.17) is 4.74 Å². The minimum absolute atomic E-state index is 0.345.